The van der Waals surface area contributed by atoms with Gasteiger partial charge in [0.05, 0.1) is 6.54 Å². The Morgan fingerprint density at radius 3 is 2.79 bits per heavy atom. The highest BCUT2D eigenvalue weighted by atomic mass is 32.1. The summed E-state index contributed by atoms with van der Waals surface area (Å²) in [6.45, 7) is 0.386. The van der Waals surface area contributed by atoms with Gasteiger partial charge in [-0.05, 0) is 24.3 Å². The van der Waals surface area contributed by atoms with E-state index in [2.05, 4.69) is 4.98 Å². The van der Waals surface area contributed by atoms with Crippen molar-refractivity contribution in [2.75, 3.05) is 13.7 Å². The maximum Gasteiger partial charge on any atom is 0.260 e. The topological polar surface area (TPSA) is 42.4 Å². The molecule has 6 heteroatoms. The molecule has 1 aromatic heterocycles. The van der Waals surface area contributed by atoms with Crippen LogP contribution in [0.3, 0.4) is 0 Å². The van der Waals surface area contributed by atoms with Gasteiger partial charge in [-0.2, -0.15) is 0 Å². The third-order valence-electron chi connectivity index (χ3n) is 2.46. The van der Waals surface area contributed by atoms with E-state index in [0.29, 0.717) is 12.3 Å². The van der Waals surface area contributed by atoms with Crippen LogP contribution in [0, 0.1) is 5.82 Å². The van der Waals surface area contributed by atoms with E-state index in [1.807, 2.05) is 5.38 Å². The Balaban J connectivity index is 1.82. The summed E-state index contributed by atoms with van der Waals surface area (Å²) in [7, 11) is 1.69. The molecule has 0 aliphatic rings. The van der Waals surface area contributed by atoms with Gasteiger partial charge >= 0.3 is 0 Å². The Labute approximate surface area is 114 Å². The van der Waals surface area contributed by atoms with Crippen molar-refractivity contribution in [1.29, 1.82) is 0 Å². The van der Waals surface area contributed by atoms with Crippen LogP contribution in [-0.2, 0) is 11.3 Å². The highest BCUT2D eigenvalue weighted by Gasteiger charge is 2.11. The highest BCUT2D eigenvalue weighted by Crippen LogP contribution is 2.11. The van der Waals surface area contributed by atoms with Gasteiger partial charge in [0, 0.05) is 18.6 Å². The maximum absolute atomic E-state index is 12.7. The lowest BCUT2D eigenvalue weighted by molar-refractivity contribution is -0.132. The van der Waals surface area contributed by atoms with Gasteiger partial charge in [-0.3, -0.25) is 4.79 Å². The molecule has 0 bridgehead atoms. The lowest BCUT2D eigenvalue weighted by Crippen LogP contribution is -2.30. The van der Waals surface area contributed by atoms with Crippen molar-refractivity contribution in [3.05, 3.63) is 46.7 Å². The zero-order valence-electron chi connectivity index (χ0n) is 10.4. The van der Waals surface area contributed by atoms with E-state index in [4.69, 9.17) is 4.74 Å². The first-order valence-electron chi connectivity index (χ1n) is 5.66. The molecule has 0 aliphatic heterocycles. The second kappa shape index (κ2) is 6.29. The first kappa shape index (κ1) is 13.5. The van der Waals surface area contributed by atoms with Crippen molar-refractivity contribution in [3.8, 4) is 5.75 Å². The summed E-state index contributed by atoms with van der Waals surface area (Å²) in [6.07, 6.45) is 1.70. The smallest absolute Gasteiger partial charge is 0.260 e. The zero-order chi connectivity index (χ0) is 13.7. The fourth-order valence-electron chi connectivity index (χ4n) is 1.41. The van der Waals surface area contributed by atoms with Crippen LogP contribution in [0.15, 0.2) is 35.8 Å². The molecule has 0 aliphatic carbocycles. The monoisotopic (exact) mass is 280 g/mol. The average molecular weight is 280 g/mol. The molecule has 2 aromatic rings. The van der Waals surface area contributed by atoms with Crippen LogP contribution in [0.2, 0.25) is 0 Å². The predicted octanol–water partition coefficient (Wildman–Crippen LogP) is 2.32. The summed E-state index contributed by atoms with van der Waals surface area (Å²) in [4.78, 5) is 17.5. The Hall–Kier alpha value is -1.95. The van der Waals surface area contributed by atoms with Crippen LogP contribution >= 0.6 is 11.3 Å². The van der Waals surface area contributed by atoms with Gasteiger partial charge in [-0.15, -0.1) is 11.3 Å². The number of carbonyl (C=O) groups is 1. The number of hydrogen-bond acceptors (Lipinski definition) is 4. The second-order valence-electron chi connectivity index (χ2n) is 3.92. The minimum atomic E-state index is -0.334. The molecule has 0 fully saturated rings. The minimum absolute atomic E-state index is 0.0759. The van der Waals surface area contributed by atoms with Gasteiger partial charge in [-0.1, -0.05) is 0 Å². The van der Waals surface area contributed by atoms with Crippen molar-refractivity contribution in [2.45, 2.75) is 6.54 Å². The van der Waals surface area contributed by atoms with Crippen molar-refractivity contribution in [2.24, 2.45) is 0 Å². The van der Waals surface area contributed by atoms with E-state index in [-0.39, 0.29) is 18.3 Å². The molecule has 0 unspecified atom stereocenters. The number of hydrogen-bond donors (Lipinski definition) is 0. The van der Waals surface area contributed by atoms with Crippen LogP contribution in [0.4, 0.5) is 4.39 Å². The molecule has 0 N–H and O–H groups in total. The van der Waals surface area contributed by atoms with Crippen molar-refractivity contribution in [1.82, 2.24) is 9.88 Å². The third-order valence-corrected chi connectivity index (χ3v) is 3.22. The number of halogens is 1. The van der Waals surface area contributed by atoms with Crippen molar-refractivity contribution < 1.29 is 13.9 Å². The fraction of sp³-hybridized carbons (Fsp3) is 0.231. The van der Waals surface area contributed by atoms with Crippen LogP contribution < -0.4 is 4.74 Å². The molecule has 19 heavy (non-hydrogen) atoms. The van der Waals surface area contributed by atoms with E-state index in [1.165, 1.54) is 35.6 Å². The fourth-order valence-corrected chi connectivity index (χ4v) is 2.08. The number of nitrogens with zero attached hydrogens (tertiary/aromatic N) is 2. The lowest BCUT2D eigenvalue weighted by Gasteiger charge is -2.16. The van der Waals surface area contributed by atoms with Gasteiger partial charge in [0.15, 0.2) is 6.61 Å². The molecule has 0 saturated heterocycles. The normalized spacial score (nSPS) is 10.2. The number of aromatic nitrogens is 1. The predicted molar refractivity (Wildman–Crippen MR) is 70.5 cm³/mol. The Kier molecular flexibility index (Phi) is 4.46. The van der Waals surface area contributed by atoms with Crippen molar-refractivity contribution in [3.63, 3.8) is 0 Å². The molecule has 0 atom stereocenters. The molecule has 0 radical (unpaired) electrons. The molecular weight excluding hydrogens is 267 g/mol. The quantitative estimate of drug-likeness (QED) is 0.844. The van der Waals surface area contributed by atoms with Crippen LogP contribution in [-0.4, -0.2) is 29.4 Å². The number of likely N-dealkylation sites (N-methyl/N-ethyl adjacent to an activating group) is 1. The lowest BCUT2D eigenvalue weighted by atomic mass is 10.3. The summed E-state index contributed by atoms with van der Waals surface area (Å²) in [6, 6.07) is 5.56. The Bertz CT molecular complexity index is 528. The maximum atomic E-state index is 12.7. The summed E-state index contributed by atoms with van der Waals surface area (Å²) >= 11 is 1.50. The SMILES string of the molecule is CN(Cc1nccs1)C(=O)COc1ccc(F)cc1. The number of rotatable bonds is 5. The molecule has 4 nitrogen and oxygen atoms in total. The van der Waals surface area contributed by atoms with Crippen LogP contribution in [0.25, 0.3) is 0 Å². The van der Waals surface area contributed by atoms with E-state index in [0.717, 1.165) is 5.01 Å². The summed E-state index contributed by atoms with van der Waals surface area (Å²) < 4.78 is 18.0. The minimum Gasteiger partial charge on any atom is -0.484 e. The number of carbonyl (C=O) groups excluding carboxylic acids is 1. The van der Waals surface area contributed by atoms with Crippen molar-refractivity contribution >= 4 is 17.2 Å². The molecule has 1 aromatic carbocycles. The first-order valence-corrected chi connectivity index (χ1v) is 6.54. The molecule has 1 heterocycles. The summed E-state index contributed by atoms with van der Waals surface area (Å²) in [5, 5.41) is 2.74. The van der Waals surface area contributed by atoms with Gasteiger partial charge in [0.1, 0.15) is 16.6 Å². The first-order chi connectivity index (χ1) is 9.15. The Morgan fingerprint density at radius 2 is 2.16 bits per heavy atom. The van der Waals surface area contributed by atoms with Gasteiger partial charge in [0.2, 0.25) is 0 Å². The largest absolute Gasteiger partial charge is 0.484 e. The van der Waals surface area contributed by atoms with E-state index >= 15 is 0 Å². The Morgan fingerprint density at radius 1 is 1.42 bits per heavy atom. The van der Waals surface area contributed by atoms with Gasteiger partial charge in [0.25, 0.3) is 5.91 Å². The van der Waals surface area contributed by atoms with Gasteiger partial charge < -0.3 is 9.64 Å². The molecular formula is C13H13FN2O2S. The highest BCUT2D eigenvalue weighted by molar-refractivity contribution is 7.09. The van der Waals surface area contributed by atoms with E-state index in [9.17, 15) is 9.18 Å². The standard InChI is InChI=1S/C13H13FN2O2S/c1-16(8-12-15-6-7-19-12)13(17)9-18-11-4-2-10(14)3-5-11/h2-7H,8-9H2,1H3. The van der Waals surface area contributed by atoms with E-state index < -0.39 is 0 Å². The third kappa shape index (κ3) is 4.03. The summed E-state index contributed by atoms with van der Waals surface area (Å²) in [5.74, 6) is -0.0171. The number of amides is 1. The van der Waals surface area contributed by atoms with E-state index in [1.54, 1.807) is 18.1 Å². The van der Waals surface area contributed by atoms with Crippen LogP contribution in [0.5, 0.6) is 5.75 Å². The molecule has 1 amide bonds. The number of ether oxygens (including phenoxy) is 1. The van der Waals surface area contributed by atoms with Gasteiger partial charge in [-0.25, -0.2) is 9.37 Å². The number of thiazole rings is 1. The number of benzene rings is 1. The average Bonchev–Trinajstić information content (AvgIpc) is 2.90. The molecule has 2 rings (SSSR count). The molecule has 0 saturated carbocycles. The zero-order valence-corrected chi connectivity index (χ0v) is 11.2. The van der Waals surface area contributed by atoms with Crippen LogP contribution in [0.1, 0.15) is 5.01 Å². The summed E-state index contributed by atoms with van der Waals surface area (Å²) in [5.41, 5.74) is 0. The molecule has 0 spiro atoms. The second-order valence-corrected chi connectivity index (χ2v) is 4.90. The molecule has 100 valence electrons.